The molecule has 0 radical (unpaired) electrons. The number of amides is 1. The van der Waals surface area contributed by atoms with Crippen LogP contribution in [0.15, 0.2) is 84.4 Å². The second kappa shape index (κ2) is 7.49. The van der Waals surface area contributed by atoms with E-state index in [1.54, 1.807) is 0 Å². The van der Waals surface area contributed by atoms with E-state index in [1.165, 1.54) is 5.56 Å². The monoisotopic (exact) mass is 385 g/mol. The second-order valence-corrected chi connectivity index (χ2v) is 7.41. The first-order valence-electron chi connectivity index (χ1n) is 9.19. The number of carbonyl (C=O) groups excluding carboxylic acids is 1. The average molecular weight is 386 g/mol. The molecule has 0 aromatic heterocycles. The minimum atomic E-state index is -0.0271. The summed E-state index contributed by atoms with van der Waals surface area (Å²) in [6.07, 6.45) is 3.87. The molecule has 1 heterocycles. The molecule has 138 valence electrons. The Hall–Kier alpha value is -3.10. The van der Waals surface area contributed by atoms with Crippen molar-refractivity contribution in [3.8, 4) is 0 Å². The molecule has 3 aromatic rings. The maximum Gasteiger partial charge on any atom is 0.262 e. The van der Waals surface area contributed by atoms with Crippen molar-refractivity contribution in [3.05, 3.63) is 112 Å². The molecule has 1 amide bonds. The highest BCUT2D eigenvalue weighted by molar-refractivity contribution is 6.30. The molecular weight excluding hydrogens is 366 g/mol. The number of nitrogens with zero attached hydrogens (tertiary/aromatic N) is 1. The van der Waals surface area contributed by atoms with Gasteiger partial charge in [0.1, 0.15) is 0 Å². The number of rotatable bonds is 3. The maximum absolute atomic E-state index is 13.4. The molecule has 0 saturated heterocycles. The fourth-order valence-electron chi connectivity index (χ4n) is 3.47. The first-order chi connectivity index (χ1) is 13.5. The molecular formula is C25H20ClNO. The molecule has 3 heteroatoms. The molecule has 0 unspecified atom stereocenters. The van der Waals surface area contributed by atoms with Gasteiger partial charge in [0, 0.05) is 10.6 Å². The van der Waals surface area contributed by atoms with Gasteiger partial charge in [0.15, 0.2) is 0 Å². The Balaban J connectivity index is 1.84. The molecule has 3 aromatic carbocycles. The van der Waals surface area contributed by atoms with Crippen molar-refractivity contribution < 1.29 is 4.79 Å². The number of aryl methyl sites for hydroxylation is 2. The van der Waals surface area contributed by atoms with Crippen LogP contribution in [0.2, 0.25) is 5.02 Å². The zero-order chi connectivity index (χ0) is 19.7. The Morgan fingerprint density at radius 1 is 0.893 bits per heavy atom. The predicted molar refractivity (Wildman–Crippen MR) is 117 cm³/mol. The molecule has 0 bridgehead atoms. The Kier molecular flexibility index (Phi) is 4.89. The molecule has 0 saturated carbocycles. The van der Waals surface area contributed by atoms with Crippen molar-refractivity contribution in [1.82, 2.24) is 0 Å². The zero-order valence-electron chi connectivity index (χ0n) is 15.8. The van der Waals surface area contributed by atoms with Crippen molar-refractivity contribution in [1.29, 1.82) is 0 Å². The van der Waals surface area contributed by atoms with Gasteiger partial charge < -0.3 is 0 Å². The summed E-state index contributed by atoms with van der Waals surface area (Å²) < 4.78 is 0. The first kappa shape index (κ1) is 18.3. The first-order valence-corrected chi connectivity index (χ1v) is 9.57. The molecule has 0 N–H and O–H groups in total. The summed E-state index contributed by atoms with van der Waals surface area (Å²) in [5.41, 5.74) is 6.65. The Bertz CT molecular complexity index is 1100. The van der Waals surface area contributed by atoms with E-state index in [4.69, 9.17) is 11.6 Å². The fraction of sp³-hybridized carbons (Fsp3) is 0.0800. The van der Waals surface area contributed by atoms with E-state index in [9.17, 15) is 4.79 Å². The van der Waals surface area contributed by atoms with Crippen molar-refractivity contribution in [2.45, 2.75) is 13.8 Å². The Morgan fingerprint density at radius 3 is 2.29 bits per heavy atom. The molecule has 28 heavy (non-hydrogen) atoms. The zero-order valence-corrected chi connectivity index (χ0v) is 16.6. The van der Waals surface area contributed by atoms with Crippen LogP contribution in [0.5, 0.6) is 0 Å². The van der Waals surface area contributed by atoms with Crippen molar-refractivity contribution in [2.24, 2.45) is 0 Å². The number of carbonyl (C=O) groups is 1. The van der Waals surface area contributed by atoms with E-state index >= 15 is 0 Å². The molecule has 1 aliphatic rings. The van der Waals surface area contributed by atoms with Crippen LogP contribution in [-0.4, -0.2) is 5.91 Å². The van der Waals surface area contributed by atoms with Gasteiger partial charge in [-0.1, -0.05) is 71.8 Å². The van der Waals surface area contributed by atoms with Crippen LogP contribution in [0.1, 0.15) is 22.3 Å². The summed E-state index contributed by atoms with van der Waals surface area (Å²) in [6.45, 7) is 4.10. The summed E-state index contributed by atoms with van der Waals surface area (Å²) in [6, 6.07) is 23.7. The average Bonchev–Trinajstić information content (AvgIpc) is 3.01. The molecule has 4 rings (SSSR count). The minimum absolute atomic E-state index is 0.0271. The summed E-state index contributed by atoms with van der Waals surface area (Å²) in [4.78, 5) is 15.2. The van der Waals surface area contributed by atoms with Gasteiger partial charge in [-0.25, -0.2) is 0 Å². The number of anilines is 1. The van der Waals surface area contributed by atoms with Gasteiger partial charge in [-0.2, -0.15) is 0 Å². The number of benzene rings is 3. The van der Waals surface area contributed by atoms with Crippen LogP contribution in [0, 0.1) is 13.8 Å². The van der Waals surface area contributed by atoms with Crippen molar-refractivity contribution >= 4 is 35.0 Å². The summed E-state index contributed by atoms with van der Waals surface area (Å²) >= 11 is 5.99. The lowest BCUT2D eigenvalue weighted by molar-refractivity contribution is -0.113. The Morgan fingerprint density at radius 2 is 1.61 bits per heavy atom. The van der Waals surface area contributed by atoms with E-state index in [2.05, 4.69) is 13.0 Å². The second-order valence-electron chi connectivity index (χ2n) is 6.98. The quantitative estimate of drug-likeness (QED) is 0.476. The molecule has 0 atom stereocenters. The minimum Gasteiger partial charge on any atom is -0.276 e. The lowest BCUT2D eigenvalue weighted by atomic mass is 10.1. The van der Waals surface area contributed by atoms with Gasteiger partial charge in [-0.3, -0.25) is 9.69 Å². The van der Waals surface area contributed by atoms with E-state index < -0.39 is 0 Å². The van der Waals surface area contributed by atoms with Gasteiger partial charge >= 0.3 is 0 Å². The lowest BCUT2D eigenvalue weighted by Gasteiger charge is -2.23. The van der Waals surface area contributed by atoms with Crippen LogP contribution in [0.25, 0.3) is 11.8 Å². The number of hydrogen-bond donors (Lipinski definition) is 0. The van der Waals surface area contributed by atoms with E-state index in [0.717, 1.165) is 28.1 Å². The van der Waals surface area contributed by atoms with E-state index in [-0.39, 0.29) is 5.91 Å². The van der Waals surface area contributed by atoms with Crippen LogP contribution >= 0.6 is 11.6 Å². The maximum atomic E-state index is 13.4. The summed E-state index contributed by atoms with van der Waals surface area (Å²) in [7, 11) is 0. The topological polar surface area (TPSA) is 20.3 Å². The highest BCUT2D eigenvalue weighted by atomic mass is 35.5. The van der Waals surface area contributed by atoms with Gasteiger partial charge in [0.05, 0.1) is 11.4 Å². The number of halogens is 1. The molecule has 2 nitrogen and oxygen atoms in total. The summed E-state index contributed by atoms with van der Waals surface area (Å²) in [5, 5.41) is 0.678. The van der Waals surface area contributed by atoms with Crippen molar-refractivity contribution in [2.75, 3.05) is 4.90 Å². The molecule has 0 fully saturated rings. The molecule has 0 spiro atoms. The van der Waals surface area contributed by atoms with Gasteiger partial charge in [-0.05, 0) is 60.9 Å². The standard InChI is InChI=1S/C25H20ClNO/c1-17-8-13-23(18(2)14-17)27-24(20-6-4-3-5-7-20)16-21(25(27)28)15-19-9-11-22(26)12-10-19/h3-16H,1-2H3/b21-15+. The predicted octanol–water partition coefficient (Wildman–Crippen LogP) is 6.43. The van der Waals surface area contributed by atoms with Crippen molar-refractivity contribution in [3.63, 3.8) is 0 Å². The Labute approximate surface area is 170 Å². The lowest BCUT2D eigenvalue weighted by Crippen LogP contribution is -2.25. The largest absolute Gasteiger partial charge is 0.276 e. The fourth-order valence-corrected chi connectivity index (χ4v) is 3.60. The van der Waals surface area contributed by atoms with Gasteiger partial charge in [-0.15, -0.1) is 0 Å². The molecule has 0 aliphatic carbocycles. The highest BCUT2D eigenvalue weighted by Gasteiger charge is 2.31. The number of hydrogen-bond acceptors (Lipinski definition) is 1. The van der Waals surface area contributed by atoms with E-state index in [0.29, 0.717) is 10.6 Å². The van der Waals surface area contributed by atoms with Gasteiger partial charge in [0.25, 0.3) is 5.91 Å². The highest BCUT2D eigenvalue weighted by Crippen LogP contribution is 2.37. The van der Waals surface area contributed by atoms with Crippen LogP contribution in [-0.2, 0) is 4.79 Å². The third kappa shape index (κ3) is 3.51. The van der Waals surface area contributed by atoms with Crippen LogP contribution < -0.4 is 4.90 Å². The smallest absolute Gasteiger partial charge is 0.262 e. The summed E-state index contributed by atoms with van der Waals surface area (Å²) in [5.74, 6) is -0.0271. The van der Waals surface area contributed by atoms with Gasteiger partial charge in [0.2, 0.25) is 0 Å². The normalized spacial score (nSPS) is 15.2. The third-order valence-electron chi connectivity index (χ3n) is 4.84. The third-order valence-corrected chi connectivity index (χ3v) is 5.09. The van der Waals surface area contributed by atoms with Crippen LogP contribution in [0.3, 0.4) is 0 Å². The van der Waals surface area contributed by atoms with E-state index in [1.807, 2.05) is 90.7 Å². The SMILES string of the molecule is Cc1ccc(N2C(=O)/C(=C/c3ccc(Cl)cc3)C=C2c2ccccc2)c(C)c1. The van der Waals surface area contributed by atoms with Crippen LogP contribution in [0.4, 0.5) is 5.69 Å². The molecule has 1 aliphatic heterocycles.